The van der Waals surface area contributed by atoms with Crippen molar-refractivity contribution < 1.29 is 0 Å². The Morgan fingerprint density at radius 1 is 0.615 bits per heavy atom. The molecule has 0 aromatic heterocycles. The minimum Gasteiger partial charge on any atom is -0.316 e. The van der Waals surface area contributed by atoms with Gasteiger partial charge in [0.15, 0.2) is 0 Å². The van der Waals surface area contributed by atoms with E-state index in [1.165, 1.54) is 19.3 Å². The zero-order valence-electron chi connectivity index (χ0n) is 8.12. The number of halogens is 2. The van der Waals surface area contributed by atoms with Gasteiger partial charge in [0.05, 0.1) is 0 Å². The summed E-state index contributed by atoms with van der Waals surface area (Å²) in [6.07, 6.45) is 3.74. The lowest BCUT2D eigenvalue weighted by Gasteiger charge is -2.03. The Balaban J connectivity index is 2.76. The Bertz CT molecular complexity index is 81.7. The molecule has 0 bridgehead atoms. The first-order valence-electron chi connectivity index (χ1n) is 4.95. The van der Waals surface area contributed by atoms with E-state index in [2.05, 4.69) is 10.6 Å². The molecule has 0 aliphatic heterocycles. The normalized spacial score (nSPS) is 10.6. The quantitative estimate of drug-likeness (QED) is 0.439. The lowest BCUT2D eigenvalue weighted by atomic mass is 10.2. The van der Waals surface area contributed by atoms with Gasteiger partial charge in [-0.05, 0) is 25.9 Å². The highest BCUT2D eigenvalue weighted by Gasteiger charge is 1.89. The summed E-state index contributed by atoms with van der Waals surface area (Å²) in [4.78, 5) is 0. The van der Waals surface area contributed by atoms with E-state index in [4.69, 9.17) is 23.2 Å². The molecule has 0 aliphatic carbocycles. The summed E-state index contributed by atoms with van der Waals surface area (Å²) in [5, 5.41) is 6.53. The van der Waals surface area contributed by atoms with Crippen LogP contribution in [0.5, 0.6) is 0 Å². The highest BCUT2D eigenvalue weighted by molar-refractivity contribution is 6.18. The molecule has 0 radical (unpaired) electrons. The van der Waals surface area contributed by atoms with Crippen LogP contribution >= 0.6 is 23.2 Å². The summed E-state index contributed by atoms with van der Waals surface area (Å²) in [7, 11) is 0. The molecule has 0 spiro atoms. The Morgan fingerprint density at radius 3 is 1.46 bits per heavy atom. The zero-order valence-corrected chi connectivity index (χ0v) is 9.63. The van der Waals surface area contributed by atoms with Crippen LogP contribution in [-0.4, -0.2) is 37.9 Å². The summed E-state index contributed by atoms with van der Waals surface area (Å²) >= 11 is 11.0. The van der Waals surface area contributed by atoms with Crippen molar-refractivity contribution in [1.29, 1.82) is 0 Å². The van der Waals surface area contributed by atoms with Crippen molar-refractivity contribution in [2.75, 3.05) is 37.9 Å². The molecule has 2 nitrogen and oxygen atoms in total. The molecule has 0 amide bonds. The van der Waals surface area contributed by atoms with Crippen molar-refractivity contribution >= 4 is 23.2 Å². The molecule has 0 atom stereocenters. The summed E-state index contributed by atoms with van der Waals surface area (Å²) < 4.78 is 0. The lowest BCUT2D eigenvalue weighted by Crippen LogP contribution is -2.19. The first kappa shape index (κ1) is 13.5. The highest BCUT2D eigenvalue weighted by atomic mass is 35.5. The smallest absolute Gasteiger partial charge is 0.0348 e. The molecule has 0 aliphatic rings. The monoisotopic (exact) mass is 226 g/mol. The number of hydrogen-bond acceptors (Lipinski definition) is 2. The third kappa shape index (κ3) is 12.5. The summed E-state index contributed by atoms with van der Waals surface area (Å²) in [6, 6.07) is 0. The molecule has 0 saturated heterocycles. The van der Waals surface area contributed by atoms with Crippen LogP contribution in [0.4, 0.5) is 0 Å². The average Bonchev–Trinajstić information content (AvgIpc) is 2.16. The highest BCUT2D eigenvalue weighted by Crippen LogP contribution is 1.92. The van der Waals surface area contributed by atoms with Crippen molar-refractivity contribution in [3.63, 3.8) is 0 Å². The summed E-state index contributed by atoms with van der Waals surface area (Å²) in [5.41, 5.74) is 0. The number of hydrogen-bond donors (Lipinski definition) is 2. The molecule has 0 heterocycles. The second-order valence-corrected chi connectivity index (χ2v) is 3.69. The molecule has 13 heavy (non-hydrogen) atoms. The van der Waals surface area contributed by atoms with E-state index in [9.17, 15) is 0 Å². The van der Waals surface area contributed by atoms with Gasteiger partial charge in [0.2, 0.25) is 0 Å². The molecule has 0 unspecified atom stereocenters. The molecule has 80 valence electrons. The van der Waals surface area contributed by atoms with Gasteiger partial charge < -0.3 is 10.6 Å². The Kier molecular flexibility index (Phi) is 13.0. The Labute approximate surface area is 91.4 Å². The molecule has 2 N–H and O–H groups in total. The fraction of sp³-hybridized carbons (Fsp3) is 1.00. The van der Waals surface area contributed by atoms with E-state index in [0.29, 0.717) is 11.8 Å². The number of unbranched alkanes of at least 4 members (excludes halogenated alkanes) is 2. The van der Waals surface area contributed by atoms with Crippen LogP contribution in [0.15, 0.2) is 0 Å². The van der Waals surface area contributed by atoms with Gasteiger partial charge in [-0.25, -0.2) is 0 Å². The Morgan fingerprint density at radius 2 is 1.08 bits per heavy atom. The maximum Gasteiger partial charge on any atom is 0.0348 e. The first-order chi connectivity index (χ1) is 6.41. The molecule has 0 aromatic carbocycles. The average molecular weight is 227 g/mol. The van der Waals surface area contributed by atoms with Gasteiger partial charge in [0.25, 0.3) is 0 Å². The number of alkyl halides is 2. The van der Waals surface area contributed by atoms with Crippen molar-refractivity contribution in [2.24, 2.45) is 0 Å². The van der Waals surface area contributed by atoms with Gasteiger partial charge in [-0.3, -0.25) is 0 Å². The van der Waals surface area contributed by atoms with Crippen molar-refractivity contribution in [2.45, 2.75) is 19.3 Å². The third-order valence-corrected chi connectivity index (χ3v) is 2.13. The maximum absolute atomic E-state index is 5.51. The molecule has 0 saturated carbocycles. The van der Waals surface area contributed by atoms with Crippen LogP contribution in [0, 0.1) is 0 Å². The summed E-state index contributed by atoms with van der Waals surface area (Å²) in [5.74, 6) is 1.41. The fourth-order valence-electron chi connectivity index (χ4n) is 1.06. The van der Waals surface area contributed by atoms with Crippen LogP contribution in [-0.2, 0) is 0 Å². The van der Waals surface area contributed by atoms with Crippen molar-refractivity contribution in [3.05, 3.63) is 0 Å². The fourth-order valence-corrected chi connectivity index (χ4v) is 1.33. The predicted molar refractivity (Wildman–Crippen MR) is 61.0 cm³/mol. The summed E-state index contributed by atoms with van der Waals surface area (Å²) in [6.45, 7) is 4.02. The zero-order chi connectivity index (χ0) is 9.78. The SMILES string of the molecule is ClCCNCCCCCNCCCl. The second-order valence-electron chi connectivity index (χ2n) is 2.94. The number of nitrogens with one attached hydrogen (secondary N) is 2. The number of rotatable bonds is 10. The minimum atomic E-state index is 0.706. The van der Waals surface area contributed by atoms with E-state index in [1.807, 2.05) is 0 Å². The molecular formula is C9H20Cl2N2. The topological polar surface area (TPSA) is 24.1 Å². The van der Waals surface area contributed by atoms with Crippen LogP contribution in [0.1, 0.15) is 19.3 Å². The first-order valence-corrected chi connectivity index (χ1v) is 6.02. The lowest BCUT2D eigenvalue weighted by molar-refractivity contribution is 0.589. The minimum absolute atomic E-state index is 0.706. The van der Waals surface area contributed by atoms with Crippen LogP contribution in [0.2, 0.25) is 0 Å². The van der Waals surface area contributed by atoms with E-state index in [-0.39, 0.29) is 0 Å². The van der Waals surface area contributed by atoms with Crippen LogP contribution in [0.25, 0.3) is 0 Å². The van der Waals surface area contributed by atoms with Crippen molar-refractivity contribution in [3.8, 4) is 0 Å². The van der Waals surface area contributed by atoms with Crippen LogP contribution in [0.3, 0.4) is 0 Å². The predicted octanol–water partition coefficient (Wildman–Crippen LogP) is 1.81. The molecule has 0 rings (SSSR count). The molecular weight excluding hydrogens is 207 g/mol. The largest absolute Gasteiger partial charge is 0.316 e. The van der Waals surface area contributed by atoms with Crippen LogP contribution < -0.4 is 10.6 Å². The van der Waals surface area contributed by atoms with Gasteiger partial charge in [-0.2, -0.15) is 0 Å². The van der Waals surface area contributed by atoms with E-state index in [0.717, 1.165) is 26.2 Å². The maximum atomic E-state index is 5.51. The van der Waals surface area contributed by atoms with Gasteiger partial charge in [0.1, 0.15) is 0 Å². The standard InChI is InChI=1S/C9H20Cl2N2/c10-4-8-12-6-2-1-3-7-13-9-5-11/h12-13H,1-9H2. The van der Waals surface area contributed by atoms with Gasteiger partial charge in [-0.15, -0.1) is 23.2 Å². The van der Waals surface area contributed by atoms with E-state index >= 15 is 0 Å². The molecule has 0 fully saturated rings. The Hall–Kier alpha value is 0.500. The second kappa shape index (κ2) is 12.5. The van der Waals surface area contributed by atoms with Gasteiger partial charge in [-0.1, -0.05) is 6.42 Å². The van der Waals surface area contributed by atoms with Gasteiger partial charge >= 0.3 is 0 Å². The van der Waals surface area contributed by atoms with E-state index < -0.39 is 0 Å². The van der Waals surface area contributed by atoms with Gasteiger partial charge in [0, 0.05) is 24.8 Å². The third-order valence-electron chi connectivity index (χ3n) is 1.75. The van der Waals surface area contributed by atoms with Crippen molar-refractivity contribution in [1.82, 2.24) is 10.6 Å². The molecule has 0 aromatic rings. The molecule has 4 heteroatoms. The van der Waals surface area contributed by atoms with E-state index in [1.54, 1.807) is 0 Å².